The Morgan fingerprint density at radius 1 is 1.29 bits per heavy atom. The molecule has 1 aliphatic rings. The van der Waals surface area contributed by atoms with Crippen molar-refractivity contribution >= 4 is 21.4 Å². The van der Waals surface area contributed by atoms with Gasteiger partial charge in [-0.1, -0.05) is 25.3 Å². The Morgan fingerprint density at radius 2 is 1.90 bits per heavy atom. The van der Waals surface area contributed by atoms with Crippen molar-refractivity contribution in [3.05, 3.63) is 28.3 Å². The summed E-state index contributed by atoms with van der Waals surface area (Å²) < 4.78 is 26.6. The van der Waals surface area contributed by atoms with Crippen molar-refractivity contribution in [3.63, 3.8) is 0 Å². The predicted octanol–water partition coefficient (Wildman–Crippen LogP) is 2.13. The first-order chi connectivity index (χ1) is 9.85. The largest absolute Gasteiger partial charge is 0.393 e. The molecule has 0 unspecified atom stereocenters. The molecule has 0 spiro atoms. The second-order valence-corrected chi connectivity index (χ2v) is 7.23. The molecular weight excluding hydrogens is 294 g/mol. The van der Waals surface area contributed by atoms with E-state index in [0.29, 0.717) is 0 Å². The molecule has 2 N–H and O–H groups in total. The lowest BCUT2D eigenvalue weighted by Gasteiger charge is -2.30. The van der Waals surface area contributed by atoms with Crippen LogP contribution in [0, 0.1) is 10.1 Å². The highest BCUT2D eigenvalue weighted by Gasteiger charge is 2.35. The monoisotopic (exact) mass is 313 g/mol. The maximum Gasteiger partial charge on any atom is 0.312 e. The van der Waals surface area contributed by atoms with Crippen molar-refractivity contribution < 1.29 is 13.3 Å². The molecule has 1 saturated carbocycles. The molecule has 0 aromatic heterocycles. The van der Waals surface area contributed by atoms with Gasteiger partial charge in [-0.2, -0.15) is 4.31 Å². The first-order valence-corrected chi connectivity index (χ1v) is 8.30. The number of anilines is 1. The molecule has 21 heavy (non-hydrogen) atoms. The highest BCUT2D eigenvalue weighted by atomic mass is 32.2. The molecule has 7 nitrogen and oxygen atoms in total. The van der Waals surface area contributed by atoms with E-state index in [0.717, 1.165) is 32.1 Å². The minimum absolute atomic E-state index is 0.107. The van der Waals surface area contributed by atoms with E-state index in [1.54, 1.807) is 0 Å². The van der Waals surface area contributed by atoms with Crippen LogP contribution in [0.3, 0.4) is 0 Å². The van der Waals surface area contributed by atoms with Gasteiger partial charge in [-0.3, -0.25) is 10.1 Å². The van der Waals surface area contributed by atoms with Gasteiger partial charge in [-0.25, -0.2) is 8.42 Å². The van der Waals surface area contributed by atoms with Gasteiger partial charge in [0.05, 0.1) is 4.92 Å². The van der Waals surface area contributed by atoms with Gasteiger partial charge >= 0.3 is 5.69 Å². The van der Waals surface area contributed by atoms with Crippen molar-refractivity contribution in [2.45, 2.75) is 43.0 Å². The molecule has 8 heteroatoms. The zero-order valence-electron chi connectivity index (χ0n) is 11.9. The average molecular weight is 313 g/mol. The number of hydrogen-bond acceptors (Lipinski definition) is 5. The third kappa shape index (κ3) is 3.01. The summed E-state index contributed by atoms with van der Waals surface area (Å²) in [7, 11) is -2.44. The lowest BCUT2D eigenvalue weighted by Crippen LogP contribution is -2.38. The fraction of sp³-hybridized carbons (Fsp3) is 0.538. The van der Waals surface area contributed by atoms with Crippen LogP contribution in [0.5, 0.6) is 0 Å². The standard InChI is InChI=1S/C13H19N3O4S/c1-15(10-6-3-2-4-7-10)21(19,20)12-9-5-8-11(14)13(12)16(17)18/h5,8-10H,2-4,6-7,14H2,1H3. The van der Waals surface area contributed by atoms with Crippen LogP contribution in [0.25, 0.3) is 0 Å². The molecule has 116 valence electrons. The first-order valence-electron chi connectivity index (χ1n) is 6.86. The van der Waals surface area contributed by atoms with Gasteiger partial charge in [0, 0.05) is 13.1 Å². The van der Waals surface area contributed by atoms with Crippen molar-refractivity contribution in [2.24, 2.45) is 0 Å². The van der Waals surface area contributed by atoms with Gasteiger partial charge in [0.25, 0.3) is 0 Å². The van der Waals surface area contributed by atoms with E-state index in [9.17, 15) is 18.5 Å². The third-order valence-corrected chi connectivity index (χ3v) is 5.90. The molecule has 2 rings (SSSR count). The van der Waals surface area contributed by atoms with Gasteiger partial charge in [-0.05, 0) is 25.0 Å². The van der Waals surface area contributed by atoms with Gasteiger partial charge in [0.1, 0.15) is 5.69 Å². The lowest BCUT2D eigenvalue weighted by atomic mass is 9.96. The van der Waals surface area contributed by atoms with E-state index in [1.165, 1.54) is 29.6 Å². The Morgan fingerprint density at radius 3 is 2.48 bits per heavy atom. The third-order valence-electron chi connectivity index (χ3n) is 3.96. The van der Waals surface area contributed by atoms with E-state index in [-0.39, 0.29) is 16.6 Å². The van der Waals surface area contributed by atoms with E-state index < -0.39 is 20.6 Å². The molecule has 0 saturated heterocycles. The number of nitro benzene ring substituents is 1. The highest BCUT2D eigenvalue weighted by molar-refractivity contribution is 7.89. The maximum atomic E-state index is 12.7. The minimum atomic E-state index is -3.93. The van der Waals surface area contributed by atoms with Gasteiger partial charge < -0.3 is 5.73 Å². The topological polar surface area (TPSA) is 107 Å². The van der Waals surface area contributed by atoms with E-state index in [2.05, 4.69) is 0 Å². The number of hydrogen-bond donors (Lipinski definition) is 1. The van der Waals surface area contributed by atoms with Crippen LogP contribution in [0.1, 0.15) is 32.1 Å². The Bertz CT molecular complexity index is 639. The molecule has 0 aliphatic heterocycles. The first kappa shape index (κ1) is 15.7. The number of benzene rings is 1. The molecule has 0 bridgehead atoms. The molecule has 0 amide bonds. The molecular formula is C13H19N3O4S. The van der Waals surface area contributed by atoms with Crippen LogP contribution in [0.15, 0.2) is 23.1 Å². The number of sulfonamides is 1. The molecule has 0 atom stereocenters. The summed E-state index contributed by atoms with van der Waals surface area (Å²) in [5, 5.41) is 11.1. The fourth-order valence-corrected chi connectivity index (χ4v) is 4.34. The Balaban J connectivity index is 2.44. The van der Waals surface area contributed by atoms with Crippen LogP contribution in [-0.2, 0) is 10.0 Å². The maximum absolute atomic E-state index is 12.7. The van der Waals surface area contributed by atoms with Crippen LogP contribution in [0.2, 0.25) is 0 Å². The average Bonchev–Trinajstić information content (AvgIpc) is 2.46. The number of para-hydroxylation sites is 1. The second kappa shape index (κ2) is 5.98. The Kier molecular flexibility index (Phi) is 4.48. The number of nitrogen functional groups attached to an aromatic ring is 1. The fourth-order valence-electron chi connectivity index (χ4n) is 2.74. The second-order valence-electron chi connectivity index (χ2n) is 5.26. The van der Waals surface area contributed by atoms with Gasteiger partial charge in [0.2, 0.25) is 10.0 Å². The summed E-state index contributed by atoms with van der Waals surface area (Å²) in [5.41, 5.74) is 4.89. The summed E-state index contributed by atoms with van der Waals surface area (Å²) in [6.45, 7) is 0. The Labute approximate surface area is 123 Å². The highest BCUT2D eigenvalue weighted by Crippen LogP contribution is 2.33. The summed E-state index contributed by atoms with van der Waals surface area (Å²) in [4.78, 5) is 10.1. The zero-order valence-corrected chi connectivity index (χ0v) is 12.7. The van der Waals surface area contributed by atoms with Crippen molar-refractivity contribution in [1.82, 2.24) is 4.31 Å². The van der Waals surface area contributed by atoms with Crippen molar-refractivity contribution in [2.75, 3.05) is 12.8 Å². The molecule has 1 aliphatic carbocycles. The molecule has 1 aromatic rings. The summed E-state index contributed by atoms with van der Waals surface area (Å²) in [6, 6.07) is 3.88. The summed E-state index contributed by atoms with van der Waals surface area (Å²) in [5.74, 6) is 0. The van der Waals surface area contributed by atoms with Gasteiger partial charge in [0.15, 0.2) is 4.90 Å². The molecule has 0 radical (unpaired) electrons. The van der Waals surface area contributed by atoms with Crippen LogP contribution < -0.4 is 5.73 Å². The normalized spacial score (nSPS) is 17.0. The summed E-state index contributed by atoms with van der Waals surface area (Å²) in [6.07, 6.45) is 4.62. The number of nitro groups is 1. The quantitative estimate of drug-likeness (QED) is 0.520. The smallest absolute Gasteiger partial charge is 0.312 e. The van der Waals surface area contributed by atoms with Gasteiger partial charge in [-0.15, -0.1) is 0 Å². The minimum Gasteiger partial charge on any atom is -0.393 e. The van der Waals surface area contributed by atoms with Crippen molar-refractivity contribution in [3.8, 4) is 0 Å². The van der Waals surface area contributed by atoms with E-state index >= 15 is 0 Å². The number of nitrogens with two attached hydrogens (primary N) is 1. The van der Waals surface area contributed by atoms with E-state index in [1.807, 2.05) is 0 Å². The van der Waals surface area contributed by atoms with Crippen molar-refractivity contribution in [1.29, 1.82) is 0 Å². The zero-order chi connectivity index (χ0) is 15.6. The molecule has 1 aromatic carbocycles. The Hall–Kier alpha value is -1.67. The number of rotatable bonds is 4. The molecule has 1 fully saturated rings. The van der Waals surface area contributed by atoms with Crippen LogP contribution in [0.4, 0.5) is 11.4 Å². The molecule has 0 heterocycles. The van der Waals surface area contributed by atoms with E-state index in [4.69, 9.17) is 5.73 Å². The SMILES string of the molecule is CN(C1CCCCC1)S(=O)(=O)c1cccc(N)c1[N+](=O)[O-]. The summed E-state index contributed by atoms with van der Waals surface area (Å²) >= 11 is 0. The predicted molar refractivity (Wildman–Crippen MR) is 79.3 cm³/mol. The number of nitrogens with zero attached hydrogens (tertiary/aromatic N) is 2. The van der Waals surface area contributed by atoms with Crippen LogP contribution in [-0.4, -0.2) is 30.7 Å². The lowest BCUT2D eigenvalue weighted by molar-refractivity contribution is -0.386. The van der Waals surface area contributed by atoms with Crippen LogP contribution >= 0.6 is 0 Å².